The van der Waals surface area contributed by atoms with Crippen LogP contribution in [0.1, 0.15) is 30.1 Å². The summed E-state index contributed by atoms with van der Waals surface area (Å²) < 4.78 is 12.6. The molecule has 1 aliphatic heterocycles. The Bertz CT molecular complexity index is 602. The summed E-state index contributed by atoms with van der Waals surface area (Å²) in [5, 5.41) is 7.64. The van der Waals surface area contributed by atoms with Crippen molar-refractivity contribution in [3.8, 4) is 5.69 Å². The van der Waals surface area contributed by atoms with E-state index in [0.29, 0.717) is 5.56 Å². The Hall–Kier alpha value is -2.21. The van der Waals surface area contributed by atoms with Crippen LogP contribution in [0, 0.1) is 0 Å². The van der Waals surface area contributed by atoms with Gasteiger partial charge in [-0.3, -0.25) is 0 Å². The van der Waals surface area contributed by atoms with Crippen molar-refractivity contribution in [3.63, 3.8) is 0 Å². The zero-order valence-corrected chi connectivity index (χ0v) is 11.9. The summed E-state index contributed by atoms with van der Waals surface area (Å²) in [5.74, 6) is -0.336. The van der Waals surface area contributed by atoms with Gasteiger partial charge in [-0.15, -0.1) is 5.10 Å². The normalized spacial score (nSPS) is 21.4. The maximum Gasteiger partial charge on any atom is 0.338 e. The number of rotatable bonds is 4. The standard InChI is InChI=1S/C15H17N3O3/c1-15(7-2-10-21-15)11-20-14(19)12-3-5-13(6-4-12)18-9-8-16-17-18/h3-6,8-9H,2,7,10-11H2,1H3/t15-/m1/s1. The first-order valence-corrected chi connectivity index (χ1v) is 6.94. The number of aromatic nitrogens is 3. The Balaban J connectivity index is 1.62. The number of carbonyl (C=O) groups is 1. The molecule has 0 N–H and O–H groups in total. The van der Waals surface area contributed by atoms with Gasteiger partial charge in [0, 0.05) is 6.61 Å². The molecule has 1 fully saturated rings. The summed E-state index contributed by atoms with van der Waals surface area (Å²) in [6, 6.07) is 7.05. The fraction of sp³-hybridized carbons (Fsp3) is 0.400. The number of hydrogen-bond donors (Lipinski definition) is 0. The van der Waals surface area contributed by atoms with Crippen molar-refractivity contribution in [2.24, 2.45) is 0 Å². The maximum absolute atomic E-state index is 12.0. The Labute approximate surface area is 122 Å². The van der Waals surface area contributed by atoms with E-state index in [0.717, 1.165) is 25.1 Å². The Morgan fingerprint density at radius 1 is 1.43 bits per heavy atom. The molecule has 0 bridgehead atoms. The summed E-state index contributed by atoms with van der Waals surface area (Å²) in [6.07, 6.45) is 5.28. The lowest BCUT2D eigenvalue weighted by atomic mass is 10.0. The number of hydrogen-bond acceptors (Lipinski definition) is 5. The summed E-state index contributed by atoms with van der Waals surface area (Å²) >= 11 is 0. The first-order chi connectivity index (χ1) is 10.2. The highest BCUT2D eigenvalue weighted by atomic mass is 16.6. The van der Waals surface area contributed by atoms with Gasteiger partial charge in [0.1, 0.15) is 6.61 Å². The molecule has 3 rings (SSSR count). The molecule has 0 radical (unpaired) electrons. The van der Waals surface area contributed by atoms with Crippen LogP contribution in [0.2, 0.25) is 0 Å². The lowest BCUT2D eigenvalue weighted by molar-refractivity contribution is -0.0378. The van der Waals surface area contributed by atoms with Crippen molar-refractivity contribution in [1.82, 2.24) is 15.0 Å². The smallest absolute Gasteiger partial charge is 0.338 e. The molecule has 2 aromatic rings. The molecule has 1 saturated heterocycles. The summed E-state index contributed by atoms with van der Waals surface area (Å²) in [5.41, 5.74) is 1.02. The molecular weight excluding hydrogens is 270 g/mol. The van der Waals surface area contributed by atoms with Crippen molar-refractivity contribution < 1.29 is 14.3 Å². The number of benzene rings is 1. The van der Waals surface area contributed by atoms with Crippen LogP contribution in [-0.4, -0.2) is 39.8 Å². The monoisotopic (exact) mass is 287 g/mol. The zero-order valence-electron chi connectivity index (χ0n) is 11.9. The molecular formula is C15H17N3O3. The van der Waals surface area contributed by atoms with Gasteiger partial charge in [-0.05, 0) is 44.0 Å². The first kappa shape index (κ1) is 13.8. The lowest BCUT2D eigenvalue weighted by Crippen LogP contribution is -2.31. The van der Waals surface area contributed by atoms with E-state index in [9.17, 15) is 4.79 Å². The SMILES string of the molecule is C[C@]1(COC(=O)c2ccc(-n3ccnn3)cc2)CCCO1. The largest absolute Gasteiger partial charge is 0.459 e. The highest BCUT2D eigenvalue weighted by Crippen LogP contribution is 2.25. The quantitative estimate of drug-likeness (QED) is 0.805. The number of ether oxygens (including phenoxy) is 2. The molecule has 6 nitrogen and oxygen atoms in total. The van der Waals surface area contributed by atoms with Gasteiger partial charge in [0.2, 0.25) is 0 Å². The Kier molecular flexibility index (Phi) is 3.70. The molecule has 1 aliphatic rings. The fourth-order valence-corrected chi connectivity index (χ4v) is 2.35. The van der Waals surface area contributed by atoms with E-state index in [4.69, 9.17) is 9.47 Å². The summed E-state index contributed by atoms with van der Waals surface area (Å²) in [4.78, 5) is 12.0. The Morgan fingerprint density at radius 3 is 2.86 bits per heavy atom. The third-order valence-electron chi connectivity index (χ3n) is 3.60. The van der Waals surface area contributed by atoms with Crippen LogP contribution in [-0.2, 0) is 9.47 Å². The van der Waals surface area contributed by atoms with Crippen molar-refractivity contribution in [1.29, 1.82) is 0 Å². The summed E-state index contributed by atoms with van der Waals surface area (Å²) in [6.45, 7) is 3.00. The highest BCUT2D eigenvalue weighted by Gasteiger charge is 2.31. The van der Waals surface area contributed by atoms with Crippen LogP contribution in [0.15, 0.2) is 36.7 Å². The van der Waals surface area contributed by atoms with Crippen molar-refractivity contribution in [3.05, 3.63) is 42.2 Å². The zero-order chi connectivity index (χ0) is 14.7. The second-order valence-corrected chi connectivity index (χ2v) is 5.37. The van der Waals surface area contributed by atoms with Crippen molar-refractivity contribution >= 4 is 5.97 Å². The minimum Gasteiger partial charge on any atom is -0.459 e. The van der Waals surface area contributed by atoms with Crippen molar-refractivity contribution in [2.45, 2.75) is 25.4 Å². The molecule has 2 heterocycles. The van der Waals surface area contributed by atoms with Gasteiger partial charge in [-0.25, -0.2) is 9.48 Å². The third-order valence-corrected chi connectivity index (χ3v) is 3.60. The number of nitrogens with zero attached hydrogens (tertiary/aromatic N) is 3. The molecule has 0 amide bonds. The topological polar surface area (TPSA) is 66.2 Å². The molecule has 1 aromatic carbocycles. The molecule has 21 heavy (non-hydrogen) atoms. The van der Waals surface area contributed by atoms with E-state index in [-0.39, 0.29) is 18.2 Å². The predicted octanol–water partition coefficient (Wildman–Crippen LogP) is 1.99. The summed E-state index contributed by atoms with van der Waals surface area (Å²) in [7, 11) is 0. The molecule has 0 spiro atoms. The second-order valence-electron chi connectivity index (χ2n) is 5.37. The van der Waals surface area contributed by atoms with Crippen LogP contribution >= 0.6 is 0 Å². The minimum atomic E-state index is -0.337. The molecule has 110 valence electrons. The predicted molar refractivity (Wildman–Crippen MR) is 75.2 cm³/mol. The van der Waals surface area contributed by atoms with Crippen LogP contribution in [0.4, 0.5) is 0 Å². The average molecular weight is 287 g/mol. The van der Waals surface area contributed by atoms with Crippen LogP contribution in [0.5, 0.6) is 0 Å². The van der Waals surface area contributed by atoms with Gasteiger partial charge >= 0.3 is 5.97 Å². The van der Waals surface area contributed by atoms with E-state index >= 15 is 0 Å². The number of carbonyl (C=O) groups excluding carboxylic acids is 1. The highest BCUT2D eigenvalue weighted by molar-refractivity contribution is 5.89. The molecule has 1 aromatic heterocycles. The van der Waals surface area contributed by atoms with Gasteiger partial charge in [-0.2, -0.15) is 0 Å². The van der Waals surface area contributed by atoms with Crippen molar-refractivity contribution in [2.75, 3.05) is 13.2 Å². The van der Waals surface area contributed by atoms with E-state index in [1.807, 2.05) is 6.92 Å². The van der Waals surface area contributed by atoms with Gasteiger partial charge in [-0.1, -0.05) is 5.21 Å². The van der Waals surface area contributed by atoms with E-state index in [1.165, 1.54) is 0 Å². The minimum absolute atomic E-state index is 0.288. The average Bonchev–Trinajstić information content (AvgIpc) is 3.17. The maximum atomic E-state index is 12.0. The number of esters is 1. The second kappa shape index (κ2) is 5.65. The van der Waals surface area contributed by atoms with Gasteiger partial charge < -0.3 is 9.47 Å². The molecule has 0 unspecified atom stereocenters. The van der Waals surface area contributed by atoms with Crippen LogP contribution in [0.25, 0.3) is 5.69 Å². The van der Waals surface area contributed by atoms with E-state index < -0.39 is 0 Å². The third kappa shape index (κ3) is 3.11. The van der Waals surface area contributed by atoms with E-state index in [1.54, 1.807) is 41.3 Å². The fourth-order valence-electron chi connectivity index (χ4n) is 2.35. The molecule has 0 saturated carbocycles. The van der Waals surface area contributed by atoms with Crippen LogP contribution < -0.4 is 0 Å². The lowest BCUT2D eigenvalue weighted by Gasteiger charge is -2.22. The Morgan fingerprint density at radius 2 is 2.24 bits per heavy atom. The molecule has 6 heteroatoms. The van der Waals surface area contributed by atoms with Gasteiger partial charge in [0.05, 0.1) is 29.2 Å². The first-order valence-electron chi connectivity index (χ1n) is 6.94. The van der Waals surface area contributed by atoms with Gasteiger partial charge in [0.15, 0.2) is 0 Å². The van der Waals surface area contributed by atoms with Gasteiger partial charge in [0.25, 0.3) is 0 Å². The molecule has 0 aliphatic carbocycles. The van der Waals surface area contributed by atoms with Crippen LogP contribution in [0.3, 0.4) is 0 Å². The van der Waals surface area contributed by atoms with E-state index in [2.05, 4.69) is 10.3 Å². The molecule has 1 atom stereocenters.